The highest BCUT2D eigenvalue weighted by Crippen LogP contribution is 2.47. The largest absolute Gasteiger partial charge is 0.481 e. The van der Waals surface area contributed by atoms with E-state index in [9.17, 15) is 9.59 Å². The third kappa shape index (κ3) is 2.21. The first-order valence-corrected chi connectivity index (χ1v) is 5.09. The molecule has 1 fully saturated rings. The summed E-state index contributed by atoms with van der Waals surface area (Å²) in [7, 11) is 0. The lowest BCUT2D eigenvalue weighted by atomic mass is 10.1. The summed E-state index contributed by atoms with van der Waals surface area (Å²) < 4.78 is 4.89. The highest BCUT2D eigenvalue weighted by atomic mass is 16.5. The third-order valence-corrected chi connectivity index (χ3v) is 2.68. The lowest BCUT2D eigenvalue weighted by Crippen LogP contribution is -2.01. The van der Waals surface area contributed by atoms with Crippen molar-refractivity contribution in [2.45, 2.75) is 19.3 Å². The molecule has 1 saturated carbocycles. The van der Waals surface area contributed by atoms with E-state index in [1.54, 1.807) is 12.1 Å². The molecule has 84 valence electrons. The van der Waals surface area contributed by atoms with Crippen LogP contribution >= 0.6 is 0 Å². The van der Waals surface area contributed by atoms with Gasteiger partial charge >= 0.3 is 11.9 Å². The van der Waals surface area contributed by atoms with Gasteiger partial charge in [0.2, 0.25) is 0 Å². The fourth-order valence-corrected chi connectivity index (χ4v) is 1.79. The Morgan fingerprint density at radius 2 is 1.94 bits per heavy atom. The van der Waals surface area contributed by atoms with E-state index in [-0.39, 0.29) is 17.8 Å². The summed E-state index contributed by atoms with van der Waals surface area (Å²) >= 11 is 0. The van der Waals surface area contributed by atoms with Gasteiger partial charge in [-0.1, -0.05) is 12.1 Å². The van der Waals surface area contributed by atoms with E-state index in [0.29, 0.717) is 12.2 Å². The maximum absolute atomic E-state index is 10.7. The topological polar surface area (TPSA) is 63.6 Å². The predicted octanol–water partition coefficient (Wildman–Crippen LogP) is 1.80. The summed E-state index contributed by atoms with van der Waals surface area (Å²) in [6, 6.07) is 7.00. The molecule has 0 spiro atoms. The molecule has 16 heavy (non-hydrogen) atoms. The average molecular weight is 220 g/mol. The van der Waals surface area contributed by atoms with Crippen molar-refractivity contribution >= 4 is 11.9 Å². The van der Waals surface area contributed by atoms with Gasteiger partial charge in [-0.05, 0) is 30.0 Å². The first-order chi connectivity index (χ1) is 7.58. The summed E-state index contributed by atoms with van der Waals surface area (Å²) in [4.78, 5) is 21.4. The summed E-state index contributed by atoms with van der Waals surface area (Å²) in [5, 5.41) is 8.79. The molecule has 2 atom stereocenters. The maximum Gasteiger partial charge on any atom is 0.308 e. The Labute approximate surface area is 92.8 Å². The van der Waals surface area contributed by atoms with E-state index >= 15 is 0 Å². The molecule has 4 heteroatoms. The average Bonchev–Trinajstić information content (AvgIpc) is 2.97. The summed E-state index contributed by atoms with van der Waals surface area (Å²) in [5.74, 6) is -0.746. The number of aliphatic carboxylic acids is 1. The van der Waals surface area contributed by atoms with E-state index in [4.69, 9.17) is 9.84 Å². The molecule has 1 N–H and O–H groups in total. The van der Waals surface area contributed by atoms with Crippen molar-refractivity contribution in [3.63, 3.8) is 0 Å². The van der Waals surface area contributed by atoms with Crippen molar-refractivity contribution in [3.05, 3.63) is 29.8 Å². The molecular weight excluding hydrogens is 208 g/mol. The van der Waals surface area contributed by atoms with Crippen LogP contribution in [-0.4, -0.2) is 17.0 Å². The van der Waals surface area contributed by atoms with Crippen LogP contribution in [-0.2, 0) is 9.59 Å². The molecule has 1 aliphatic carbocycles. The summed E-state index contributed by atoms with van der Waals surface area (Å²) in [5.41, 5.74) is 0.989. The number of carbonyl (C=O) groups excluding carboxylic acids is 1. The van der Waals surface area contributed by atoms with Crippen molar-refractivity contribution in [1.29, 1.82) is 0 Å². The molecule has 0 aromatic heterocycles. The molecule has 1 aromatic carbocycles. The van der Waals surface area contributed by atoms with Gasteiger partial charge in [0.05, 0.1) is 5.92 Å². The van der Waals surface area contributed by atoms with Crippen molar-refractivity contribution in [1.82, 2.24) is 0 Å². The lowest BCUT2D eigenvalue weighted by molar-refractivity contribution is -0.138. The Hall–Kier alpha value is -1.84. The molecule has 2 unspecified atom stereocenters. The predicted molar refractivity (Wildman–Crippen MR) is 56.2 cm³/mol. The molecule has 2 rings (SSSR count). The number of esters is 1. The molecule has 0 radical (unpaired) electrons. The molecule has 4 nitrogen and oxygen atoms in total. The van der Waals surface area contributed by atoms with Gasteiger partial charge in [0.15, 0.2) is 0 Å². The number of carboxylic acids is 1. The number of hydrogen-bond donors (Lipinski definition) is 1. The molecule has 0 bridgehead atoms. The summed E-state index contributed by atoms with van der Waals surface area (Å²) in [6.07, 6.45) is 0.697. The van der Waals surface area contributed by atoms with E-state index in [0.717, 1.165) is 5.56 Å². The minimum atomic E-state index is -0.742. The van der Waals surface area contributed by atoms with Crippen LogP contribution in [0.15, 0.2) is 24.3 Å². The first-order valence-electron chi connectivity index (χ1n) is 5.09. The third-order valence-electron chi connectivity index (χ3n) is 2.68. The minimum absolute atomic E-state index is 0.115. The smallest absolute Gasteiger partial charge is 0.308 e. The number of carboxylic acid groups (broad SMARTS) is 1. The van der Waals surface area contributed by atoms with Crippen LogP contribution in [0.2, 0.25) is 0 Å². The van der Waals surface area contributed by atoms with E-state index in [1.165, 1.54) is 6.92 Å². The Bertz CT molecular complexity index is 421. The van der Waals surface area contributed by atoms with Crippen LogP contribution in [0.25, 0.3) is 0 Å². The SMILES string of the molecule is CC(=O)Oc1ccc(C2CC2C(=O)O)cc1. The number of hydrogen-bond acceptors (Lipinski definition) is 3. The zero-order chi connectivity index (χ0) is 11.7. The molecule has 1 aromatic rings. The van der Waals surface area contributed by atoms with E-state index in [1.807, 2.05) is 12.1 Å². The van der Waals surface area contributed by atoms with Crippen LogP contribution in [0.5, 0.6) is 5.75 Å². The number of ether oxygens (including phenoxy) is 1. The second-order valence-corrected chi connectivity index (χ2v) is 3.95. The monoisotopic (exact) mass is 220 g/mol. The number of rotatable bonds is 3. The number of benzene rings is 1. The highest BCUT2D eigenvalue weighted by Gasteiger charge is 2.43. The molecular formula is C12H12O4. The molecule has 0 aliphatic heterocycles. The normalized spacial score (nSPS) is 22.6. The second kappa shape index (κ2) is 3.96. The first kappa shape index (κ1) is 10.7. The molecule has 0 heterocycles. The van der Waals surface area contributed by atoms with Gasteiger partial charge in [-0.2, -0.15) is 0 Å². The zero-order valence-corrected chi connectivity index (χ0v) is 8.84. The van der Waals surface area contributed by atoms with E-state index in [2.05, 4.69) is 0 Å². The van der Waals surface area contributed by atoms with Crippen LogP contribution in [0.4, 0.5) is 0 Å². The van der Waals surface area contributed by atoms with Gasteiger partial charge in [0, 0.05) is 6.92 Å². The second-order valence-electron chi connectivity index (χ2n) is 3.95. The van der Waals surface area contributed by atoms with Gasteiger partial charge < -0.3 is 9.84 Å². The van der Waals surface area contributed by atoms with Crippen LogP contribution in [0.1, 0.15) is 24.8 Å². The van der Waals surface area contributed by atoms with Gasteiger partial charge in [0.1, 0.15) is 5.75 Å². The van der Waals surface area contributed by atoms with E-state index < -0.39 is 5.97 Å². The maximum atomic E-state index is 10.7. The van der Waals surface area contributed by atoms with Crippen LogP contribution < -0.4 is 4.74 Å². The molecule has 0 saturated heterocycles. The number of carbonyl (C=O) groups is 2. The highest BCUT2D eigenvalue weighted by molar-refractivity contribution is 5.75. The fourth-order valence-electron chi connectivity index (χ4n) is 1.79. The van der Waals surface area contributed by atoms with Crippen molar-refractivity contribution < 1.29 is 19.4 Å². The van der Waals surface area contributed by atoms with Crippen molar-refractivity contribution in [3.8, 4) is 5.75 Å². The van der Waals surface area contributed by atoms with Gasteiger partial charge in [-0.15, -0.1) is 0 Å². The fraction of sp³-hybridized carbons (Fsp3) is 0.333. The standard InChI is InChI=1S/C12H12O4/c1-7(13)16-9-4-2-8(3-5-9)10-6-11(10)12(14)15/h2-5,10-11H,6H2,1H3,(H,14,15). The van der Waals surface area contributed by atoms with Gasteiger partial charge in [-0.3, -0.25) is 9.59 Å². The lowest BCUT2D eigenvalue weighted by Gasteiger charge is -2.02. The van der Waals surface area contributed by atoms with Gasteiger partial charge in [0.25, 0.3) is 0 Å². The zero-order valence-electron chi connectivity index (χ0n) is 8.84. The summed E-state index contributed by atoms with van der Waals surface area (Å²) in [6.45, 7) is 1.34. The Balaban J connectivity index is 2.04. The Morgan fingerprint density at radius 3 is 2.38 bits per heavy atom. The van der Waals surface area contributed by atoms with Crippen molar-refractivity contribution in [2.75, 3.05) is 0 Å². The van der Waals surface area contributed by atoms with Crippen LogP contribution in [0.3, 0.4) is 0 Å². The Morgan fingerprint density at radius 1 is 1.31 bits per heavy atom. The molecule has 1 aliphatic rings. The minimum Gasteiger partial charge on any atom is -0.481 e. The quantitative estimate of drug-likeness (QED) is 0.623. The van der Waals surface area contributed by atoms with Crippen LogP contribution in [0, 0.1) is 5.92 Å². The molecule has 0 amide bonds. The van der Waals surface area contributed by atoms with Crippen molar-refractivity contribution in [2.24, 2.45) is 5.92 Å². The Kier molecular flexibility index (Phi) is 2.64. The van der Waals surface area contributed by atoms with Gasteiger partial charge in [-0.25, -0.2) is 0 Å².